The highest BCUT2D eigenvalue weighted by atomic mass is 35.5. The first-order valence-electron chi connectivity index (χ1n) is 8.25. The van der Waals surface area contributed by atoms with E-state index in [1.807, 2.05) is 0 Å². The van der Waals surface area contributed by atoms with Gasteiger partial charge in [0.15, 0.2) is 5.78 Å². The van der Waals surface area contributed by atoms with Crippen molar-refractivity contribution in [1.29, 1.82) is 0 Å². The Kier molecular flexibility index (Phi) is 5.37. The number of anilines is 1. The van der Waals surface area contributed by atoms with Crippen molar-refractivity contribution in [2.24, 2.45) is 0 Å². The number of carbonyl (C=O) groups is 2. The number of nitrogens with zero attached hydrogens (tertiary/aromatic N) is 2. The maximum Gasteiger partial charge on any atom is 0.260 e. The molecule has 2 aromatic carbocycles. The van der Waals surface area contributed by atoms with Gasteiger partial charge in [-0.2, -0.15) is 5.10 Å². The summed E-state index contributed by atoms with van der Waals surface area (Å²) in [7, 11) is 0. The maximum atomic E-state index is 13.0. The number of halogens is 2. The maximum absolute atomic E-state index is 13.0. The average Bonchev–Trinajstić information content (AvgIpc) is 2.91. The molecule has 0 radical (unpaired) electrons. The largest absolute Gasteiger partial charge is 0.322 e. The summed E-state index contributed by atoms with van der Waals surface area (Å²) < 4.78 is 14.5. The third kappa shape index (κ3) is 4.23. The number of aryl methyl sites for hydroxylation is 1. The van der Waals surface area contributed by atoms with Crippen LogP contribution < -0.4 is 5.32 Å². The first-order chi connectivity index (χ1) is 12.8. The molecule has 3 aromatic rings. The summed E-state index contributed by atoms with van der Waals surface area (Å²) in [5.41, 5.74) is 2.68. The lowest BCUT2D eigenvalue weighted by atomic mass is 10.1. The molecule has 0 bridgehead atoms. The Morgan fingerprint density at radius 1 is 1.11 bits per heavy atom. The standard InChI is InChI=1S/C20H17ClFN3O2/c1-12-18(20(27)23-17-9-5-15(6-10-17)13(2)26)19(21)25(24-12)11-14-3-7-16(22)8-4-14/h3-10H,11H2,1-2H3,(H,23,27). The SMILES string of the molecule is CC(=O)c1ccc(NC(=O)c2c(C)nn(Cc3ccc(F)cc3)c2Cl)cc1. The molecule has 5 nitrogen and oxygen atoms in total. The van der Waals surface area contributed by atoms with Gasteiger partial charge in [-0.1, -0.05) is 23.7 Å². The van der Waals surface area contributed by atoms with E-state index in [1.165, 1.54) is 23.7 Å². The summed E-state index contributed by atoms with van der Waals surface area (Å²) in [5, 5.41) is 7.27. The molecule has 1 heterocycles. The van der Waals surface area contributed by atoms with Crippen molar-refractivity contribution in [2.75, 3.05) is 5.32 Å². The van der Waals surface area contributed by atoms with Gasteiger partial charge in [0.25, 0.3) is 5.91 Å². The van der Waals surface area contributed by atoms with Crippen LogP contribution in [-0.2, 0) is 6.54 Å². The summed E-state index contributed by atoms with van der Waals surface area (Å²) in [5.74, 6) is -0.760. The molecule has 0 atom stereocenters. The van der Waals surface area contributed by atoms with E-state index in [1.54, 1.807) is 43.3 Å². The fourth-order valence-electron chi connectivity index (χ4n) is 2.66. The number of ketones is 1. The highest BCUT2D eigenvalue weighted by Gasteiger charge is 2.20. The van der Waals surface area contributed by atoms with Crippen LogP contribution in [0.25, 0.3) is 0 Å². The van der Waals surface area contributed by atoms with Crippen molar-refractivity contribution in [3.8, 4) is 0 Å². The minimum absolute atomic E-state index is 0.0474. The van der Waals surface area contributed by atoms with E-state index in [4.69, 9.17) is 11.6 Å². The second-order valence-electron chi connectivity index (χ2n) is 6.12. The number of Topliss-reactive ketones (excluding diaryl/α,β-unsaturated/α-hetero) is 1. The number of benzene rings is 2. The molecule has 0 fully saturated rings. The van der Waals surface area contributed by atoms with Crippen molar-refractivity contribution in [2.45, 2.75) is 20.4 Å². The molecule has 0 spiro atoms. The molecule has 1 amide bonds. The molecular formula is C20H17ClFN3O2. The molecule has 0 saturated carbocycles. The lowest BCUT2D eigenvalue weighted by Gasteiger charge is -2.06. The Morgan fingerprint density at radius 2 is 1.74 bits per heavy atom. The third-order valence-corrected chi connectivity index (χ3v) is 4.47. The van der Waals surface area contributed by atoms with Gasteiger partial charge in [-0.15, -0.1) is 0 Å². The van der Waals surface area contributed by atoms with E-state index in [0.29, 0.717) is 23.5 Å². The van der Waals surface area contributed by atoms with Gasteiger partial charge in [0.05, 0.1) is 17.8 Å². The highest BCUT2D eigenvalue weighted by molar-refractivity contribution is 6.33. The number of carbonyl (C=O) groups excluding carboxylic acids is 2. The molecule has 0 aliphatic rings. The lowest BCUT2D eigenvalue weighted by molar-refractivity contribution is 0.101. The smallest absolute Gasteiger partial charge is 0.260 e. The fraction of sp³-hybridized carbons (Fsp3) is 0.150. The Hall–Kier alpha value is -2.99. The van der Waals surface area contributed by atoms with Gasteiger partial charge >= 0.3 is 0 Å². The normalized spacial score (nSPS) is 10.7. The highest BCUT2D eigenvalue weighted by Crippen LogP contribution is 2.22. The van der Waals surface area contributed by atoms with E-state index >= 15 is 0 Å². The van der Waals surface area contributed by atoms with Crippen LogP contribution in [0, 0.1) is 12.7 Å². The molecule has 27 heavy (non-hydrogen) atoms. The summed E-state index contributed by atoms with van der Waals surface area (Å²) in [6.45, 7) is 3.49. The molecule has 138 valence electrons. The molecule has 0 saturated heterocycles. The summed E-state index contributed by atoms with van der Waals surface area (Å²) in [6.07, 6.45) is 0. The molecular weight excluding hydrogens is 369 g/mol. The lowest BCUT2D eigenvalue weighted by Crippen LogP contribution is -2.13. The molecule has 0 aliphatic heterocycles. The van der Waals surface area contributed by atoms with E-state index in [-0.39, 0.29) is 22.3 Å². The quantitative estimate of drug-likeness (QED) is 0.658. The van der Waals surface area contributed by atoms with Crippen LogP contribution in [0.15, 0.2) is 48.5 Å². The Balaban J connectivity index is 1.79. The van der Waals surface area contributed by atoms with Gasteiger partial charge in [0, 0.05) is 11.3 Å². The molecule has 7 heteroatoms. The van der Waals surface area contributed by atoms with Crippen LogP contribution in [0.3, 0.4) is 0 Å². The number of hydrogen-bond donors (Lipinski definition) is 1. The molecule has 0 aliphatic carbocycles. The van der Waals surface area contributed by atoms with E-state index < -0.39 is 5.91 Å². The number of aromatic nitrogens is 2. The van der Waals surface area contributed by atoms with Crippen molar-refractivity contribution < 1.29 is 14.0 Å². The minimum atomic E-state index is -0.390. The average molecular weight is 386 g/mol. The Labute approximate surface area is 160 Å². The Morgan fingerprint density at radius 3 is 2.33 bits per heavy atom. The van der Waals surface area contributed by atoms with Crippen LogP contribution in [0.4, 0.5) is 10.1 Å². The monoisotopic (exact) mass is 385 g/mol. The summed E-state index contributed by atoms with van der Waals surface area (Å²) in [6, 6.07) is 12.6. The van der Waals surface area contributed by atoms with Gasteiger partial charge in [0.2, 0.25) is 0 Å². The Bertz CT molecular complexity index is 995. The van der Waals surface area contributed by atoms with Crippen molar-refractivity contribution in [3.63, 3.8) is 0 Å². The van der Waals surface area contributed by atoms with Crippen molar-refractivity contribution in [1.82, 2.24) is 9.78 Å². The zero-order chi connectivity index (χ0) is 19.6. The second-order valence-corrected chi connectivity index (χ2v) is 6.48. The first-order valence-corrected chi connectivity index (χ1v) is 8.62. The summed E-state index contributed by atoms with van der Waals surface area (Å²) in [4.78, 5) is 23.9. The van der Waals surface area contributed by atoms with E-state index in [9.17, 15) is 14.0 Å². The van der Waals surface area contributed by atoms with E-state index in [2.05, 4.69) is 10.4 Å². The van der Waals surface area contributed by atoms with Crippen LogP contribution in [0.2, 0.25) is 5.15 Å². The molecule has 1 N–H and O–H groups in total. The predicted octanol–water partition coefficient (Wildman–Crippen LogP) is 4.49. The zero-order valence-corrected chi connectivity index (χ0v) is 15.5. The van der Waals surface area contributed by atoms with Crippen LogP contribution in [0.5, 0.6) is 0 Å². The van der Waals surface area contributed by atoms with E-state index in [0.717, 1.165) is 5.56 Å². The third-order valence-electron chi connectivity index (χ3n) is 4.09. The topological polar surface area (TPSA) is 64.0 Å². The van der Waals surface area contributed by atoms with Gasteiger partial charge in [0.1, 0.15) is 11.0 Å². The fourth-order valence-corrected chi connectivity index (χ4v) is 2.98. The van der Waals surface area contributed by atoms with Crippen molar-refractivity contribution in [3.05, 3.63) is 81.9 Å². The predicted molar refractivity (Wildman–Crippen MR) is 102 cm³/mol. The minimum Gasteiger partial charge on any atom is -0.322 e. The van der Waals surface area contributed by atoms with Crippen LogP contribution >= 0.6 is 11.6 Å². The second kappa shape index (κ2) is 7.72. The van der Waals surface area contributed by atoms with Gasteiger partial charge in [-0.25, -0.2) is 9.07 Å². The van der Waals surface area contributed by atoms with Crippen molar-refractivity contribution >= 4 is 29.0 Å². The summed E-state index contributed by atoms with van der Waals surface area (Å²) >= 11 is 6.36. The van der Waals surface area contributed by atoms with Gasteiger partial charge < -0.3 is 5.32 Å². The number of amides is 1. The molecule has 0 unspecified atom stereocenters. The molecule has 1 aromatic heterocycles. The first kappa shape index (κ1) is 18.8. The molecule has 3 rings (SSSR count). The van der Waals surface area contributed by atoms with Gasteiger partial charge in [-0.3, -0.25) is 9.59 Å². The zero-order valence-electron chi connectivity index (χ0n) is 14.8. The number of hydrogen-bond acceptors (Lipinski definition) is 3. The number of nitrogens with one attached hydrogen (secondary N) is 1. The number of rotatable bonds is 5. The van der Waals surface area contributed by atoms with Crippen LogP contribution in [0.1, 0.15) is 38.9 Å². The van der Waals surface area contributed by atoms with Gasteiger partial charge in [-0.05, 0) is 55.8 Å². The van der Waals surface area contributed by atoms with Crippen LogP contribution in [-0.4, -0.2) is 21.5 Å².